The normalized spacial score (nSPS) is 17.2. The van der Waals surface area contributed by atoms with Gasteiger partial charge in [-0.05, 0) is 18.9 Å². The lowest BCUT2D eigenvalue weighted by Crippen LogP contribution is -2.49. The van der Waals surface area contributed by atoms with Crippen LogP contribution in [0.4, 0.5) is 0 Å². The number of carbonyl (C=O) groups is 2. The summed E-state index contributed by atoms with van der Waals surface area (Å²) < 4.78 is 0. The monoisotopic (exact) mass is 256 g/mol. The van der Waals surface area contributed by atoms with E-state index >= 15 is 0 Å². The van der Waals surface area contributed by atoms with E-state index in [0.29, 0.717) is 5.92 Å². The van der Waals surface area contributed by atoms with Crippen molar-refractivity contribution >= 4 is 11.9 Å². The molecule has 1 rings (SSSR count). The van der Waals surface area contributed by atoms with Gasteiger partial charge < -0.3 is 10.0 Å². The van der Waals surface area contributed by atoms with Crippen molar-refractivity contribution in [2.75, 3.05) is 32.7 Å². The number of carboxylic acids is 1. The molecule has 1 N–H and O–H groups in total. The second-order valence-corrected chi connectivity index (χ2v) is 5.30. The van der Waals surface area contributed by atoms with Crippen molar-refractivity contribution in [2.24, 2.45) is 5.92 Å². The van der Waals surface area contributed by atoms with Crippen LogP contribution in [0.5, 0.6) is 0 Å². The van der Waals surface area contributed by atoms with Crippen molar-refractivity contribution in [1.29, 1.82) is 0 Å². The number of hydrogen-bond acceptors (Lipinski definition) is 3. The molecule has 1 amide bonds. The first kappa shape index (κ1) is 15.0. The maximum atomic E-state index is 11.7. The van der Waals surface area contributed by atoms with Crippen LogP contribution in [0.15, 0.2) is 0 Å². The Balaban J connectivity index is 2.22. The lowest BCUT2D eigenvalue weighted by Gasteiger charge is -2.35. The Kier molecular flexibility index (Phi) is 6.12. The molecule has 0 atom stereocenters. The summed E-state index contributed by atoms with van der Waals surface area (Å²) in [5, 5.41) is 8.55. The van der Waals surface area contributed by atoms with Gasteiger partial charge in [-0.2, -0.15) is 0 Å². The first-order chi connectivity index (χ1) is 8.49. The van der Waals surface area contributed by atoms with Crippen molar-refractivity contribution in [1.82, 2.24) is 9.80 Å². The van der Waals surface area contributed by atoms with Crippen LogP contribution in [0.25, 0.3) is 0 Å². The number of hydrogen-bond donors (Lipinski definition) is 1. The molecule has 0 aliphatic carbocycles. The SMILES string of the molecule is CC(C)CCN1CCN(C(=O)CCC(=O)O)CC1. The van der Waals surface area contributed by atoms with Crippen LogP contribution in [0.1, 0.15) is 33.1 Å². The third kappa shape index (κ3) is 5.49. The number of aliphatic carboxylic acids is 1. The van der Waals surface area contributed by atoms with Crippen LogP contribution < -0.4 is 0 Å². The molecule has 0 saturated carbocycles. The van der Waals surface area contributed by atoms with Crippen LogP contribution in [0, 0.1) is 5.92 Å². The highest BCUT2D eigenvalue weighted by molar-refractivity contribution is 5.80. The zero-order valence-electron chi connectivity index (χ0n) is 11.4. The smallest absolute Gasteiger partial charge is 0.303 e. The van der Waals surface area contributed by atoms with Gasteiger partial charge in [0.15, 0.2) is 0 Å². The van der Waals surface area contributed by atoms with Crippen LogP contribution in [0.2, 0.25) is 0 Å². The van der Waals surface area contributed by atoms with Gasteiger partial charge in [0, 0.05) is 32.6 Å². The number of carbonyl (C=O) groups excluding carboxylic acids is 1. The van der Waals surface area contributed by atoms with Crippen LogP contribution in [0.3, 0.4) is 0 Å². The molecule has 1 heterocycles. The van der Waals surface area contributed by atoms with E-state index in [0.717, 1.165) is 32.7 Å². The molecule has 1 fully saturated rings. The van der Waals surface area contributed by atoms with Gasteiger partial charge in [-0.1, -0.05) is 13.8 Å². The molecule has 0 aromatic rings. The molecule has 0 spiro atoms. The predicted octanol–water partition coefficient (Wildman–Crippen LogP) is 1.04. The van der Waals surface area contributed by atoms with Gasteiger partial charge in [0.05, 0.1) is 6.42 Å². The molecule has 0 bridgehead atoms. The summed E-state index contributed by atoms with van der Waals surface area (Å²) in [6, 6.07) is 0. The van der Waals surface area contributed by atoms with Gasteiger partial charge in [-0.25, -0.2) is 0 Å². The third-order valence-electron chi connectivity index (χ3n) is 3.30. The van der Waals surface area contributed by atoms with Crippen LogP contribution in [-0.2, 0) is 9.59 Å². The molecule has 5 heteroatoms. The van der Waals surface area contributed by atoms with E-state index < -0.39 is 5.97 Å². The number of amides is 1. The van der Waals surface area contributed by atoms with Crippen molar-refractivity contribution in [2.45, 2.75) is 33.1 Å². The largest absolute Gasteiger partial charge is 0.481 e. The quantitative estimate of drug-likeness (QED) is 0.771. The molecule has 0 unspecified atom stereocenters. The summed E-state index contributed by atoms with van der Waals surface area (Å²) in [5.74, 6) is -0.222. The summed E-state index contributed by atoms with van der Waals surface area (Å²) >= 11 is 0. The first-order valence-electron chi connectivity index (χ1n) is 6.71. The summed E-state index contributed by atoms with van der Waals surface area (Å²) in [4.78, 5) is 26.3. The maximum Gasteiger partial charge on any atom is 0.303 e. The topological polar surface area (TPSA) is 60.9 Å². The minimum atomic E-state index is -0.904. The lowest BCUT2D eigenvalue weighted by atomic mass is 10.1. The van der Waals surface area contributed by atoms with Crippen molar-refractivity contribution < 1.29 is 14.7 Å². The second kappa shape index (κ2) is 7.36. The molecule has 5 nitrogen and oxygen atoms in total. The number of piperazine rings is 1. The minimum Gasteiger partial charge on any atom is -0.481 e. The number of rotatable bonds is 6. The average Bonchev–Trinajstić information content (AvgIpc) is 2.34. The van der Waals surface area contributed by atoms with E-state index in [1.165, 1.54) is 6.42 Å². The molecule has 18 heavy (non-hydrogen) atoms. The van der Waals surface area contributed by atoms with E-state index in [2.05, 4.69) is 18.7 Å². The minimum absolute atomic E-state index is 0.0269. The molecule has 1 aliphatic rings. The van der Waals surface area contributed by atoms with E-state index in [1.807, 2.05) is 0 Å². The van der Waals surface area contributed by atoms with Gasteiger partial charge in [-0.15, -0.1) is 0 Å². The molecule has 1 saturated heterocycles. The highest BCUT2D eigenvalue weighted by Crippen LogP contribution is 2.08. The molecule has 0 aromatic carbocycles. The van der Waals surface area contributed by atoms with E-state index in [1.54, 1.807) is 4.90 Å². The predicted molar refractivity (Wildman–Crippen MR) is 69.3 cm³/mol. The zero-order chi connectivity index (χ0) is 13.5. The Bertz CT molecular complexity index is 284. The summed E-state index contributed by atoms with van der Waals surface area (Å²) in [5.41, 5.74) is 0. The molecule has 0 aromatic heterocycles. The summed E-state index contributed by atoms with van der Waals surface area (Å²) in [7, 11) is 0. The third-order valence-corrected chi connectivity index (χ3v) is 3.30. The molecular weight excluding hydrogens is 232 g/mol. The van der Waals surface area contributed by atoms with Crippen molar-refractivity contribution in [3.05, 3.63) is 0 Å². The summed E-state index contributed by atoms with van der Waals surface area (Å²) in [6.45, 7) is 8.80. The van der Waals surface area contributed by atoms with Crippen LogP contribution >= 0.6 is 0 Å². The summed E-state index contributed by atoms with van der Waals surface area (Å²) in [6.07, 6.45) is 1.25. The van der Waals surface area contributed by atoms with Gasteiger partial charge >= 0.3 is 5.97 Å². The fourth-order valence-electron chi connectivity index (χ4n) is 2.03. The first-order valence-corrected chi connectivity index (χ1v) is 6.71. The van der Waals surface area contributed by atoms with E-state index in [-0.39, 0.29) is 18.7 Å². The van der Waals surface area contributed by atoms with Gasteiger partial charge in [0.2, 0.25) is 5.91 Å². The van der Waals surface area contributed by atoms with E-state index in [4.69, 9.17) is 5.11 Å². The second-order valence-electron chi connectivity index (χ2n) is 5.30. The van der Waals surface area contributed by atoms with Gasteiger partial charge in [0.25, 0.3) is 0 Å². The highest BCUT2D eigenvalue weighted by Gasteiger charge is 2.21. The molecule has 104 valence electrons. The van der Waals surface area contributed by atoms with E-state index in [9.17, 15) is 9.59 Å². The standard InChI is InChI=1S/C13H24N2O3/c1-11(2)5-6-14-7-9-15(10-8-14)12(16)3-4-13(17)18/h11H,3-10H2,1-2H3,(H,17,18). The van der Waals surface area contributed by atoms with Gasteiger partial charge in [-0.3, -0.25) is 14.5 Å². The van der Waals surface area contributed by atoms with Crippen molar-refractivity contribution in [3.63, 3.8) is 0 Å². The molecular formula is C13H24N2O3. The number of nitrogens with zero attached hydrogens (tertiary/aromatic N) is 2. The Hall–Kier alpha value is -1.10. The zero-order valence-corrected chi connectivity index (χ0v) is 11.4. The molecule has 1 aliphatic heterocycles. The Morgan fingerprint density at radius 3 is 2.22 bits per heavy atom. The fourth-order valence-corrected chi connectivity index (χ4v) is 2.03. The average molecular weight is 256 g/mol. The Labute approximate surface area is 109 Å². The Morgan fingerprint density at radius 1 is 1.11 bits per heavy atom. The fraction of sp³-hybridized carbons (Fsp3) is 0.846. The maximum absolute atomic E-state index is 11.7. The highest BCUT2D eigenvalue weighted by atomic mass is 16.4. The Morgan fingerprint density at radius 2 is 1.72 bits per heavy atom. The number of carboxylic acid groups (broad SMARTS) is 1. The molecule has 0 radical (unpaired) electrons. The van der Waals surface area contributed by atoms with Crippen LogP contribution in [-0.4, -0.2) is 59.5 Å². The lowest BCUT2D eigenvalue weighted by molar-refractivity contribution is -0.141. The van der Waals surface area contributed by atoms with Crippen molar-refractivity contribution in [3.8, 4) is 0 Å². The van der Waals surface area contributed by atoms with Gasteiger partial charge in [0.1, 0.15) is 0 Å².